The number of hydrogen-bond acceptors (Lipinski definition) is 0. The number of allylic oxidation sites excluding steroid dienone is 1. The van der Waals surface area contributed by atoms with Crippen LogP contribution < -0.4 is 0 Å². The molecule has 0 aliphatic heterocycles. The van der Waals surface area contributed by atoms with Crippen molar-refractivity contribution in [3.05, 3.63) is 42.5 Å². The highest BCUT2D eigenvalue weighted by molar-refractivity contribution is 5.62. The van der Waals surface area contributed by atoms with Crippen LogP contribution in [0.1, 0.15) is 18.9 Å². The molecule has 1 aromatic rings. The molecule has 0 aliphatic carbocycles. The van der Waals surface area contributed by atoms with Gasteiger partial charge < -0.3 is 0 Å². The third-order valence-electron chi connectivity index (χ3n) is 1.55. The van der Waals surface area contributed by atoms with Crippen LogP contribution in [0.25, 0.3) is 5.57 Å². The lowest BCUT2D eigenvalue weighted by Gasteiger charge is -1.99. The second-order valence-electron chi connectivity index (χ2n) is 2.25. The van der Waals surface area contributed by atoms with Crippen molar-refractivity contribution in [3.8, 4) is 0 Å². The Labute approximate surface area is 62.2 Å². The van der Waals surface area contributed by atoms with Crippen LogP contribution in [-0.4, -0.2) is 0 Å². The molecular weight excluding hydrogens is 120 g/mol. The van der Waals surface area contributed by atoms with E-state index in [0.717, 1.165) is 6.42 Å². The second-order valence-corrected chi connectivity index (χ2v) is 2.25. The van der Waals surface area contributed by atoms with Gasteiger partial charge in [-0.25, -0.2) is 0 Å². The van der Waals surface area contributed by atoms with Crippen LogP contribution in [0, 0.1) is 6.07 Å². The van der Waals surface area contributed by atoms with E-state index in [1.54, 1.807) is 0 Å². The summed E-state index contributed by atoms with van der Waals surface area (Å²) in [4.78, 5) is 0. The van der Waals surface area contributed by atoms with E-state index < -0.39 is 0 Å². The highest BCUT2D eigenvalue weighted by Gasteiger charge is 1.91. The summed E-state index contributed by atoms with van der Waals surface area (Å²) >= 11 is 0. The Morgan fingerprint density at radius 2 is 2.10 bits per heavy atom. The van der Waals surface area contributed by atoms with E-state index in [1.807, 2.05) is 24.3 Å². The molecule has 1 aromatic carbocycles. The van der Waals surface area contributed by atoms with Crippen molar-refractivity contribution < 1.29 is 0 Å². The Bertz CT molecular complexity index is 209. The summed E-state index contributed by atoms with van der Waals surface area (Å²) in [6.45, 7) is 6.04. The molecular formula is C10H11. The Balaban J connectivity index is 2.85. The van der Waals surface area contributed by atoms with Crippen molar-refractivity contribution in [2.24, 2.45) is 0 Å². The van der Waals surface area contributed by atoms with E-state index in [0.29, 0.717) is 0 Å². The molecule has 0 heterocycles. The molecule has 0 aromatic heterocycles. The molecule has 10 heavy (non-hydrogen) atoms. The zero-order valence-electron chi connectivity index (χ0n) is 6.22. The van der Waals surface area contributed by atoms with Gasteiger partial charge in [-0.15, -0.1) is 0 Å². The average Bonchev–Trinajstić information content (AvgIpc) is 2.05. The van der Waals surface area contributed by atoms with Gasteiger partial charge in [0.2, 0.25) is 0 Å². The van der Waals surface area contributed by atoms with Gasteiger partial charge in [0, 0.05) is 0 Å². The monoisotopic (exact) mass is 131 g/mol. The van der Waals surface area contributed by atoms with Gasteiger partial charge >= 0.3 is 0 Å². The number of hydrogen-bond donors (Lipinski definition) is 0. The van der Waals surface area contributed by atoms with Crippen LogP contribution in [0.4, 0.5) is 0 Å². The van der Waals surface area contributed by atoms with E-state index in [2.05, 4.69) is 19.6 Å². The van der Waals surface area contributed by atoms with Crippen LogP contribution in [0.2, 0.25) is 0 Å². The van der Waals surface area contributed by atoms with Crippen molar-refractivity contribution in [1.82, 2.24) is 0 Å². The van der Waals surface area contributed by atoms with Gasteiger partial charge in [-0.2, -0.15) is 0 Å². The minimum absolute atomic E-state index is 1.02. The van der Waals surface area contributed by atoms with Gasteiger partial charge in [0.05, 0.1) is 0 Å². The van der Waals surface area contributed by atoms with Gasteiger partial charge in [0.15, 0.2) is 0 Å². The maximum Gasteiger partial charge on any atom is -0.0184 e. The van der Waals surface area contributed by atoms with Crippen molar-refractivity contribution in [3.63, 3.8) is 0 Å². The smallest absolute Gasteiger partial charge is 0.0184 e. The third kappa shape index (κ3) is 1.47. The normalized spacial score (nSPS) is 9.30. The first-order chi connectivity index (χ1) is 4.84. The van der Waals surface area contributed by atoms with Gasteiger partial charge in [0.25, 0.3) is 0 Å². The zero-order chi connectivity index (χ0) is 7.40. The fraction of sp³-hybridized carbons (Fsp3) is 0.200. The summed E-state index contributed by atoms with van der Waals surface area (Å²) < 4.78 is 0. The maximum absolute atomic E-state index is 3.93. The highest BCUT2D eigenvalue weighted by atomic mass is 14.0. The number of benzene rings is 1. The predicted molar refractivity (Wildman–Crippen MR) is 44.6 cm³/mol. The minimum atomic E-state index is 1.02. The zero-order valence-corrected chi connectivity index (χ0v) is 6.22. The van der Waals surface area contributed by atoms with E-state index in [1.165, 1.54) is 11.1 Å². The quantitative estimate of drug-likeness (QED) is 0.579. The molecule has 0 fully saturated rings. The van der Waals surface area contributed by atoms with E-state index in [4.69, 9.17) is 0 Å². The topological polar surface area (TPSA) is 0 Å². The molecule has 0 bridgehead atoms. The molecule has 0 atom stereocenters. The molecule has 1 radical (unpaired) electrons. The standard InChI is InChI=1S/C10H11/c1-3-9(2)10-7-5-4-6-8-10/h5-8H,2-3H2,1H3. The summed E-state index contributed by atoms with van der Waals surface area (Å²) in [5.74, 6) is 0. The fourth-order valence-electron chi connectivity index (χ4n) is 0.827. The Hall–Kier alpha value is -1.04. The summed E-state index contributed by atoms with van der Waals surface area (Å²) in [6, 6.07) is 10.9. The molecule has 0 unspecified atom stereocenters. The lowest BCUT2D eigenvalue weighted by molar-refractivity contribution is 1.24. The maximum atomic E-state index is 3.93. The van der Waals surface area contributed by atoms with Crippen molar-refractivity contribution in [2.45, 2.75) is 13.3 Å². The van der Waals surface area contributed by atoms with E-state index in [9.17, 15) is 0 Å². The molecule has 1 rings (SSSR count). The molecule has 0 saturated carbocycles. The fourth-order valence-corrected chi connectivity index (χ4v) is 0.827. The van der Waals surface area contributed by atoms with Gasteiger partial charge in [-0.3, -0.25) is 0 Å². The van der Waals surface area contributed by atoms with Crippen LogP contribution >= 0.6 is 0 Å². The van der Waals surface area contributed by atoms with Crippen LogP contribution in [-0.2, 0) is 0 Å². The first kappa shape index (κ1) is 7.07. The Morgan fingerprint density at radius 3 is 2.60 bits per heavy atom. The average molecular weight is 131 g/mol. The summed E-state index contributed by atoms with van der Waals surface area (Å²) in [5, 5.41) is 0. The van der Waals surface area contributed by atoms with Crippen LogP contribution in [0.3, 0.4) is 0 Å². The summed E-state index contributed by atoms with van der Waals surface area (Å²) in [7, 11) is 0. The van der Waals surface area contributed by atoms with Gasteiger partial charge in [-0.05, 0) is 23.6 Å². The predicted octanol–water partition coefficient (Wildman–Crippen LogP) is 2.91. The van der Waals surface area contributed by atoms with Crippen LogP contribution in [0.15, 0.2) is 30.8 Å². The third-order valence-corrected chi connectivity index (χ3v) is 1.55. The second kappa shape index (κ2) is 3.21. The summed E-state index contributed by atoms with van der Waals surface area (Å²) in [6.07, 6.45) is 1.02. The largest absolute Gasteiger partial charge is 0.0952 e. The molecule has 0 amide bonds. The lowest BCUT2D eigenvalue weighted by Crippen LogP contribution is -1.77. The molecule has 0 heteroatoms. The van der Waals surface area contributed by atoms with Crippen LogP contribution in [0.5, 0.6) is 0 Å². The van der Waals surface area contributed by atoms with E-state index >= 15 is 0 Å². The highest BCUT2D eigenvalue weighted by Crippen LogP contribution is 2.13. The first-order valence-corrected chi connectivity index (χ1v) is 3.49. The van der Waals surface area contributed by atoms with Crippen molar-refractivity contribution in [1.29, 1.82) is 0 Å². The van der Waals surface area contributed by atoms with Crippen molar-refractivity contribution in [2.75, 3.05) is 0 Å². The molecule has 0 nitrogen and oxygen atoms in total. The van der Waals surface area contributed by atoms with Gasteiger partial charge in [-0.1, -0.05) is 37.8 Å². The number of rotatable bonds is 2. The van der Waals surface area contributed by atoms with E-state index in [-0.39, 0.29) is 0 Å². The Kier molecular flexibility index (Phi) is 2.27. The SMILES string of the molecule is C=C(CC)c1cc[c]cc1. The Morgan fingerprint density at radius 1 is 1.50 bits per heavy atom. The minimum Gasteiger partial charge on any atom is -0.0952 e. The first-order valence-electron chi connectivity index (χ1n) is 3.49. The van der Waals surface area contributed by atoms with Crippen molar-refractivity contribution >= 4 is 5.57 Å². The molecule has 0 saturated heterocycles. The molecule has 0 aliphatic rings. The lowest BCUT2D eigenvalue weighted by atomic mass is 10.1. The van der Waals surface area contributed by atoms with Gasteiger partial charge in [0.1, 0.15) is 0 Å². The molecule has 0 spiro atoms. The molecule has 0 N–H and O–H groups in total. The summed E-state index contributed by atoms with van der Waals surface area (Å²) in [5.41, 5.74) is 2.41. The molecule has 51 valence electrons.